The molecule has 5 heteroatoms. The van der Waals surface area contributed by atoms with E-state index in [1.54, 1.807) is 35.0 Å². The summed E-state index contributed by atoms with van der Waals surface area (Å²) in [6.07, 6.45) is -2.61. The zero-order chi connectivity index (χ0) is 14.3. The zero-order valence-corrected chi connectivity index (χ0v) is 10.9. The van der Waals surface area contributed by atoms with Crippen molar-refractivity contribution >= 4 is 22.5 Å². The molecule has 0 unspecified atom stereocenters. The molecule has 3 rings (SSSR count). The number of aromatic nitrogens is 1. The molecule has 0 saturated carbocycles. The minimum atomic E-state index is -4.34. The van der Waals surface area contributed by atoms with Gasteiger partial charge in [-0.3, -0.25) is 0 Å². The van der Waals surface area contributed by atoms with E-state index in [1.165, 1.54) is 6.07 Å². The van der Waals surface area contributed by atoms with Gasteiger partial charge in [-0.2, -0.15) is 13.2 Å². The van der Waals surface area contributed by atoms with Gasteiger partial charge >= 0.3 is 6.18 Å². The topological polar surface area (TPSA) is 4.93 Å². The summed E-state index contributed by atoms with van der Waals surface area (Å²) >= 11 is 5.90. The van der Waals surface area contributed by atoms with E-state index in [4.69, 9.17) is 11.6 Å². The van der Waals surface area contributed by atoms with Crippen LogP contribution in [-0.2, 0) is 6.18 Å². The van der Waals surface area contributed by atoms with Gasteiger partial charge in [0.25, 0.3) is 0 Å². The quantitative estimate of drug-likeness (QED) is 0.574. The van der Waals surface area contributed by atoms with Crippen molar-refractivity contribution in [2.45, 2.75) is 6.18 Å². The fourth-order valence-electron chi connectivity index (χ4n) is 2.17. The molecule has 2 aromatic carbocycles. The molecule has 1 nitrogen and oxygen atoms in total. The van der Waals surface area contributed by atoms with Gasteiger partial charge in [0.15, 0.2) is 0 Å². The maximum absolute atomic E-state index is 12.7. The standard InChI is InChI=1S/C15H9ClF3N/c16-12-4-5-14-10(8-12)6-7-20(14)13-3-1-2-11(9-13)15(17,18)19/h1-9H. The van der Waals surface area contributed by atoms with Crippen LogP contribution in [0.4, 0.5) is 13.2 Å². The highest BCUT2D eigenvalue weighted by Gasteiger charge is 2.30. The molecule has 3 aromatic rings. The van der Waals surface area contributed by atoms with Crippen molar-refractivity contribution < 1.29 is 13.2 Å². The van der Waals surface area contributed by atoms with Gasteiger partial charge in [-0.15, -0.1) is 0 Å². The summed E-state index contributed by atoms with van der Waals surface area (Å²) in [5.74, 6) is 0. The molecule has 102 valence electrons. The van der Waals surface area contributed by atoms with Crippen LogP contribution in [-0.4, -0.2) is 4.57 Å². The highest BCUT2D eigenvalue weighted by atomic mass is 35.5. The molecule has 0 spiro atoms. The molecular weight excluding hydrogens is 287 g/mol. The third-order valence-electron chi connectivity index (χ3n) is 3.10. The van der Waals surface area contributed by atoms with Crippen molar-refractivity contribution in [1.82, 2.24) is 4.57 Å². The zero-order valence-electron chi connectivity index (χ0n) is 10.2. The predicted octanol–water partition coefficient (Wildman–Crippen LogP) is 5.30. The average molecular weight is 296 g/mol. The third-order valence-corrected chi connectivity index (χ3v) is 3.34. The lowest BCUT2D eigenvalue weighted by Crippen LogP contribution is -2.05. The van der Waals surface area contributed by atoms with Gasteiger partial charge in [-0.1, -0.05) is 17.7 Å². The van der Waals surface area contributed by atoms with E-state index in [1.807, 2.05) is 6.07 Å². The van der Waals surface area contributed by atoms with Gasteiger partial charge in [0.2, 0.25) is 0 Å². The molecule has 0 amide bonds. The van der Waals surface area contributed by atoms with Crippen molar-refractivity contribution in [2.24, 2.45) is 0 Å². The van der Waals surface area contributed by atoms with Crippen LogP contribution in [0.1, 0.15) is 5.56 Å². The van der Waals surface area contributed by atoms with Crippen LogP contribution in [0.15, 0.2) is 54.7 Å². The van der Waals surface area contributed by atoms with Crippen LogP contribution in [0.2, 0.25) is 5.02 Å². The first-order valence-corrected chi connectivity index (χ1v) is 6.27. The predicted molar refractivity (Wildman–Crippen MR) is 73.3 cm³/mol. The second kappa shape index (κ2) is 4.56. The first-order valence-electron chi connectivity index (χ1n) is 5.89. The average Bonchev–Trinajstić information content (AvgIpc) is 2.80. The van der Waals surface area contributed by atoms with Crippen LogP contribution in [0.5, 0.6) is 0 Å². The Bertz CT molecular complexity index is 774. The highest BCUT2D eigenvalue weighted by Crippen LogP contribution is 2.31. The Labute approximate surface area is 118 Å². The molecule has 1 heterocycles. The van der Waals surface area contributed by atoms with Gasteiger partial charge in [0.05, 0.1) is 11.1 Å². The van der Waals surface area contributed by atoms with Crippen LogP contribution in [0.3, 0.4) is 0 Å². The molecular formula is C15H9ClF3N. The minimum Gasteiger partial charge on any atom is -0.317 e. The number of nitrogens with zero attached hydrogens (tertiary/aromatic N) is 1. The lowest BCUT2D eigenvalue weighted by molar-refractivity contribution is -0.137. The SMILES string of the molecule is FC(F)(F)c1cccc(-n2ccc3cc(Cl)ccc32)c1. The van der Waals surface area contributed by atoms with E-state index in [9.17, 15) is 13.2 Å². The van der Waals surface area contributed by atoms with Gasteiger partial charge in [0.1, 0.15) is 0 Å². The number of halogens is 4. The van der Waals surface area contributed by atoms with Crippen LogP contribution in [0.25, 0.3) is 16.6 Å². The largest absolute Gasteiger partial charge is 0.416 e. The summed E-state index contributed by atoms with van der Waals surface area (Å²) in [5, 5.41) is 1.48. The number of benzene rings is 2. The van der Waals surface area contributed by atoms with E-state index in [0.717, 1.165) is 23.0 Å². The summed E-state index contributed by atoms with van der Waals surface area (Å²) in [5.41, 5.74) is 0.622. The molecule has 0 N–H and O–H groups in total. The van der Waals surface area contributed by atoms with Crippen LogP contribution >= 0.6 is 11.6 Å². The Kier molecular flexibility index (Phi) is 2.98. The maximum atomic E-state index is 12.7. The monoisotopic (exact) mass is 295 g/mol. The molecule has 0 bridgehead atoms. The molecule has 1 aromatic heterocycles. The fourth-order valence-corrected chi connectivity index (χ4v) is 2.35. The number of alkyl halides is 3. The van der Waals surface area contributed by atoms with Crippen molar-refractivity contribution in [3.8, 4) is 5.69 Å². The Morgan fingerprint density at radius 2 is 1.75 bits per heavy atom. The second-order valence-electron chi connectivity index (χ2n) is 4.44. The minimum absolute atomic E-state index is 0.470. The molecule has 0 atom stereocenters. The Balaban J connectivity index is 2.16. The molecule has 0 fully saturated rings. The van der Waals surface area contributed by atoms with E-state index < -0.39 is 11.7 Å². The second-order valence-corrected chi connectivity index (χ2v) is 4.87. The van der Waals surface area contributed by atoms with Gasteiger partial charge in [-0.25, -0.2) is 0 Å². The molecule has 20 heavy (non-hydrogen) atoms. The van der Waals surface area contributed by atoms with E-state index in [0.29, 0.717) is 10.7 Å². The van der Waals surface area contributed by atoms with Crippen molar-refractivity contribution in [1.29, 1.82) is 0 Å². The Morgan fingerprint density at radius 3 is 2.50 bits per heavy atom. The molecule has 0 saturated heterocycles. The van der Waals surface area contributed by atoms with Gasteiger partial charge in [0, 0.05) is 22.3 Å². The normalized spacial score (nSPS) is 12.0. The van der Waals surface area contributed by atoms with Crippen molar-refractivity contribution in [3.63, 3.8) is 0 Å². The third kappa shape index (κ3) is 2.27. The summed E-state index contributed by atoms with van der Waals surface area (Å²) < 4.78 is 40.0. The van der Waals surface area contributed by atoms with E-state index >= 15 is 0 Å². The fraction of sp³-hybridized carbons (Fsp3) is 0.0667. The maximum Gasteiger partial charge on any atom is 0.416 e. The van der Waals surface area contributed by atoms with E-state index in [-0.39, 0.29) is 0 Å². The number of rotatable bonds is 1. The van der Waals surface area contributed by atoms with Gasteiger partial charge in [-0.05, 0) is 42.5 Å². The van der Waals surface area contributed by atoms with E-state index in [2.05, 4.69) is 0 Å². The van der Waals surface area contributed by atoms with Gasteiger partial charge < -0.3 is 4.57 Å². The summed E-state index contributed by atoms with van der Waals surface area (Å²) in [7, 11) is 0. The van der Waals surface area contributed by atoms with Crippen LogP contribution in [0, 0.1) is 0 Å². The molecule has 0 radical (unpaired) electrons. The Morgan fingerprint density at radius 1 is 0.950 bits per heavy atom. The molecule has 0 aliphatic rings. The lowest BCUT2D eigenvalue weighted by atomic mass is 10.2. The highest BCUT2D eigenvalue weighted by molar-refractivity contribution is 6.31. The molecule has 0 aliphatic carbocycles. The summed E-state index contributed by atoms with van der Waals surface area (Å²) in [6.45, 7) is 0. The first-order chi connectivity index (χ1) is 9.45. The first kappa shape index (κ1) is 13.1. The summed E-state index contributed by atoms with van der Waals surface area (Å²) in [6, 6.07) is 12.3. The van der Waals surface area contributed by atoms with Crippen LogP contribution < -0.4 is 0 Å². The number of hydrogen-bond donors (Lipinski definition) is 0. The lowest BCUT2D eigenvalue weighted by Gasteiger charge is -2.10. The molecule has 0 aliphatic heterocycles. The number of fused-ring (bicyclic) bond motifs is 1. The number of hydrogen-bond acceptors (Lipinski definition) is 0. The summed E-state index contributed by atoms with van der Waals surface area (Å²) in [4.78, 5) is 0. The van der Waals surface area contributed by atoms with Crippen molar-refractivity contribution in [3.05, 3.63) is 65.3 Å². The smallest absolute Gasteiger partial charge is 0.317 e. The Hall–Kier alpha value is -1.94. The van der Waals surface area contributed by atoms with Crippen molar-refractivity contribution in [2.75, 3.05) is 0 Å².